The number of alkyl halides is 3. The van der Waals surface area contributed by atoms with Gasteiger partial charge in [-0.3, -0.25) is 0 Å². The van der Waals surface area contributed by atoms with Gasteiger partial charge in [-0.15, -0.1) is 0 Å². The molecule has 0 radical (unpaired) electrons. The molecule has 0 nitrogen and oxygen atoms in total. The number of hydrogen-bond acceptors (Lipinski definition) is 0. The summed E-state index contributed by atoms with van der Waals surface area (Å²) in [4.78, 5) is 0. The van der Waals surface area contributed by atoms with Crippen LogP contribution in [0.2, 0.25) is 0 Å². The van der Waals surface area contributed by atoms with Crippen molar-refractivity contribution in [3.8, 4) is 11.1 Å². The number of halogens is 5. The van der Waals surface area contributed by atoms with Gasteiger partial charge in [0.1, 0.15) is 11.6 Å². The van der Waals surface area contributed by atoms with Crippen molar-refractivity contribution in [2.24, 2.45) is 0 Å². The molecule has 0 atom stereocenters. The molecule has 0 aliphatic carbocycles. The van der Waals surface area contributed by atoms with Crippen LogP contribution < -0.4 is 0 Å². The lowest BCUT2D eigenvalue weighted by Gasteiger charge is -2.07. The lowest BCUT2D eigenvalue weighted by atomic mass is 10.0. The summed E-state index contributed by atoms with van der Waals surface area (Å²) in [5.41, 5.74) is 1.10. The Labute approximate surface area is 124 Å². The number of hydrogen-bond donors (Lipinski definition) is 0. The van der Waals surface area contributed by atoms with E-state index in [-0.39, 0.29) is 22.8 Å². The summed E-state index contributed by atoms with van der Waals surface area (Å²) in [6.45, 7) is 1.88. The molecule has 116 valence electrons. The summed E-state index contributed by atoms with van der Waals surface area (Å²) in [6.07, 6.45) is -3.22. The summed E-state index contributed by atoms with van der Waals surface area (Å²) in [5.74, 6) is -1.32. The third-order valence-corrected chi connectivity index (χ3v) is 3.21. The Morgan fingerprint density at radius 1 is 0.955 bits per heavy atom. The standard InChI is InChI=1S/C17H13F5/c1-2-11-3-6-14(16(19)9-11)13-5-4-12(15(18)10-13)7-8-17(20,21)22/h3-10H,2H2,1H3. The second kappa shape index (κ2) is 6.30. The molecule has 0 fully saturated rings. The van der Waals surface area contributed by atoms with Crippen molar-refractivity contribution in [2.45, 2.75) is 19.5 Å². The van der Waals surface area contributed by atoms with E-state index in [2.05, 4.69) is 0 Å². The maximum absolute atomic E-state index is 14.0. The fourth-order valence-corrected chi connectivity index (χ4v) is 2.03. The average molecular weight is 312 g/mol. The first kappa shape index (κ1) is 16.2. The number of benzene rings is 2. The summed E-state index contributed by atoms with van der Waals surface area (Å²) in [5, 5.41) is 0. The van der Waals surface area contributed by atoms with Gasteiger partial charge in [-0.05, 0) is 35.8 Å². The molecular formula is C17H13F5. The van der Waals surface area contributed by atoms with Gasteiger partial charge in [-0.25, -0.2) is 8.78 Å². The first-order valence-electron chi connectivity index (χ1n) is 6.64. The maximum atomic E-state index is 14.0. The zero-order valence-electron chi connectivity index (χ0n) is 11.7. The van der Waals surface area contributed by atoms with E-state index in [4.69, 9.17) is 0 Å². The summed E-state index contributed by atoms with van der Waals surface area (Å²) in [7, 11) is 0. The van der Waals surface area contributed by atoms with E-state index in [1.54, 1.807) is 6.07 Å². The predicted molar refractivity (Wildman–Crippen MR) is 76.3 cm³/mol. The van der Waals surface area contributed by atoms with Crippen molar-refractivity contribution in [2.75, 3.05) is 0 Å². The Kier molecular flexibility index (Phi) is 4.64. The van der Waals surface area contributed by atoms with Crippen LogP contribution in [0.1, 0.15) is 18.1 Å². The van der Waals surface area contributed by atoms with Crippen molar-refractivity contribution in [3.05, 3.63) is 65.2 Å². The fraction of sp³-hybridized carbons (Fsp3) is 0.176. The quantitative estimate of drug-likeness (QED) is 0.631. The summed E-state index contributed by atoms with van der Waals surface area (Å²) < 4.78 is 64.1. The van der Waals surface area contributed by atoms with Crippen molar-refractivity contribution in [1.29, 1.82) is 0 Å². The highest BCUT2D eigenvalue weighted by atomic mass is 19.4. The lowest BCUT2D eigenvalue weighted by Crippen LogP contribution is -2.00. The molecule has 0 bridgehead atoms. The molecule has 0 aromatic heterocycles. The Hall–Kier alpha value is -2.17. The second-order valence-corrected chi connectivity index (χ2v) is 4.78. The first-order chi connectivity index (χ1) is 10.3. The number of allylic oxidation sites excluding steroid dienone is 1. The molecule has 0 aliphatic rings. The van der Waals surface area contributed by atoms with Crippen molar-refractivity contribution in [3.63, 3.8) is 0 Å². The van der Waals surface area contributed by atoms with Gasteiger partial charge < -0.3 is 0 Å². The average Bonchev–Trinajstić information content (AvgIpc) is 2.44. The van der Waals surface area contributed by atoms with Crippen LogP contribution in [0.5, 0.6) is 0 Å². The third-order valence-electron chi connectivity index (χ3n) is 3.21. The van der Waals surface area contributed by atoms with E-state index < -0.39 is 17.8 Å². The minimum absolute atomic E-state index is 0.0400. The Morgan fingerprint density at radius 3 is 2.23 bits per heavy atom. The van der Waals surface area contributed by atoms with Crippen LogP contribution in [0.4, 0.5) is 22.0 Å². The van der Waals surface area contributed by atoms with Gasteiger partial charge >= 0.3 is 6.18 Å². The number of rotatable bonds is 3. The van der Waals surface area contributed by atoms with E-state index in [9.17, 15) is 22.0 Å². The van der Waals surface area contributed by atoms with E-state index >= 15 is 0 Å². The molecule has 0 amide bonds. The van der Waals surface area contributed by atoms with Crippen LogP contribution in [-0.4, -0.2) is 6.18 Å². The molecule has 0 unspecified atom stereocenters. The first-order valence-corrected chi connectivity index (χ1v) is 6.64. The molecule has 22 heavy (non-hydrogen) atoms. The third kappa shape index (κ3) is 3.93. The van der Waals surface area contributed by atoms with Gasteiger partial charge in [-0.2, -0.15) is 13.2 Å². The maximum Gasteiger partial charge on any atom is 0.409 e. The van der Waals surface area contributed by atoms with Crippen LogP contribution in [0, 0.1) is 11.6 Å². The normalized spacial score (nSPS) is 12.1. The van der Waals surface area contributed by atoms with Gasteiger partial charge in [-0.1, -0.05) is 31.2 Å². The van der Waals surface area contributed by atoms with Gasteiger partial charge in [0.2, 0.25) is 0 Å². The van der Waals surface area contributed by atoms with Crippen LogP contribution in [-0.2, 0) is 6.42 Å². The highest BCUT2D eigenvalue weighted by Gasteiger charge is 2.22. The molecule has 5 heteroatoms. The van der Waals surface area contributed by atoms with Crippen LogP contribution in [0.15, 0.2) is 42.5 Å². The molecule has 2 rings (SSSR count). The Balaban J connectivity index is 2.35. The summed E-state index contributed by atoms with van der Waals surface area (Å²) in [6, 6.07) is 8.25. The van der Waals surface area contributed by atoms with Crippen LogP contribution in [0.3, 0.4) is 0 Å². The zero-order valence-corrected chi connectivity index (χ0v) is 11.7. The van der Waals surface area contributed by atoms with Gasteiger partial charge in [0.25, 0.3) is 0 Å². The van der Waals surface area contributed by atoms with Crippen LogP contribution in [0.25, 0.3) is 17.2 Å². The SMILES string of the molecule is CCc1ccc(-c2ccc(C=CC(F)(F)F)c(F)c2)c(F)c1. The van der Waals surface area contributed by atoms with E-state index in [1.807, 2.05) is 6.92 Å². The van der Waals surface area contributed by atoms with Crippen molar-refractivity contribution < 1.29 is 22.0 Å². The molecule has 0 saturated heterocycles. The van der Waals surface area contributed by atoms with Gasteiger partial charge in [0.05, 0.1) is 0 Å². The zero-order chi connectivity index (χ0) is 16.3. The molecule has 2 aromatic carbocycles. The molecule has 0 spiro atoms. The van der Waals surface area contributed by atoms with Crippen molar-refractivity contribution in [1.82, 2.24) is 0 Å². The smallest absolute Gasteiger partial charge is 0.206 e. The van der Waals surface area contributed by atoms with E-state index in [0.29, 0.717) is 12.5 Å². The predicted octanol–water partition coefficient (Wildman–Crippen LogP) is 5.77. The van der Waals surface area contributed by atoms with Crippen molar-refractivity contribution >= 4 is 6.08 Å². The summed E-state index contributed by atoms with van der Waals surface area (Å²) >= 11 is 0. The minimum Gasteiger partial charge on any atom is -0.206 e. The highest BCUT2D eigenvalue weighted by Crippen LogP contribution is 2.27. The largest absolute Gasteiger partial charge is 0.409 e. The number of aryl methyl sites for hydroxylation is 1. The van der Waals surface area contributed by atoms with Gasteiger partial charge in [0.15, 0.2) is 0 Å². The molecule has 0 saturated carbocycles. The van der Waals surface area contributed by atoms with Gasteiger partial charge in [0, 0.05) is 17.2 Å². The molecule has 2 aromatic rings. The monoisotopic (exact) mass is 312 g/mol. The molecule has 0 N–H and O–H groups in total. The minimum atomic E-state index is -4.51. The molecule has 0 heterocycles. The highest BCUT2D eigenvalue weighted by molar-refractivity contribution is 5.67. The lowest BCUT2D eigenvalue weighted by molar-refractivity contribution is -0.0790. The second-order valence-electron chi connectivity index (χ2n) is 4.78. The molecular weight excluding hydrogens is 299 g/mol. The van der Waals surface area contributed by atoms with Crippen LogP contribution >= 0.6 is 0 Å². The fourth-order valence-electron chi connectivity index (χ4n) is 2.03. The van der Waals surface area contributed by atoms with E-state index in [1.165, 1.54) is 24.3 Å². The topological polar surface area (TPSA) is 0 Å². The molecule has 0 aliphatic heterocycles. The Morgan fingerprint density at radius 2 is 1.68 bits per heavy atom. The Bertz CT molecular complexity index is 699. The van der Waals surface area contributed by atoms with E-state index in [0.717, 1.165) is 11.6 Å².